The summed E-state index contributed by atoms with van der Waals surface area (Å²) in [7, 11) is 0. The van der Waals surface area contributed by atoms with Crippen molar-refractivity contribution in [2.75, 3.05) is 11.1 Å². The molecule has 0 saturated heterocycles. The van der Waals surface area contributed by atoms with E-state index in [9.17, 15) is 0 Å². The van der Waals surface area contributed by atoms with Gasteiger partial charge in [-0.25, -0.2) is 15.0 Å². The van der Waals surface area contributed by atoms with E-state index in [0.717, 1.165) is 5.76 Å². The van der Waals surface area contributed by atoms with Gasteiger partial charge in [-0.3, -0.25) is 0 Å². The maximum Gasteiger partial charge on any atom is 0.216 e. The zero-order valence-corrected chi connectivity index (χ0v) is 12.6. The molecule has 1 atom stereocenters. The maximum absolute atomic E-state index is 5.84. The molecule has 20 heavy (non-hydrogen) atoms. The van der Waals surface area contributed by atoms with Gasteiger partial charge in [-0.2, -0.15) is 0 Å². The van der Waals surface area contributed by atoms with Crippen molar-refractivity contribution in [3.8, 4) is 0 Å². The van der Waals surface area contributed by atoms with E-state index in [1.54, 1.807) is 12.3 Å². The molecule has 0 aliphatic carbocycles. The van der Waals surface area contributed by atoms with Crippen molar-refractivity contribution in [1.29, 1.82) is 0 Å². The Morgan fingerprint density at radius 3 is 2.55 bits per heavy atom. The molecule has 6 heteroatoms. The Kier molecular flexibility index (Phi) is 3.65. The van der Waals surface area contributed by atoms with E-state index in [0.29, 0.717) is 23.4 Å². The minimum Gasteiger partial charge on any atom is -0.444 e. The van der Waals surface area contributed by atoms with E-state index < -0.39 is 0 Å². The average molecular weight is 275 g/mol. The number of oxazole rings is 1. The molecule has 0 bridgehead atoms. The Balaban J connectivity index is 2.23. The zero-order chi connectivity index (χ0) is 14.9. The Morgan fingerprint density at radius 1 is 1.30 bits per heavy atom. The number of anilines is 2. The number of aromatic nitrogens is 3. The van der Waals surface area contributed by atoms with Crippen LogP contribution in [0.2, 0.25) is 0 Å². The fourth-order valence-electron chi connectivity index (χ4n) is 1.73. The quantitative estimate of drug-likeness (QED) is 0.895. The van der Waals surface area contributed by atoms with Crippen LogP contribution in [0.4, 0.5) is 11.6 Å². The van der Waals surface area contributed by atoms with E-state index >= 15 is 0 Å². The number of rotatable bonds is 3. The second kappa shape index (κ2) is 5.11. The van der Waals surface area contributed by atoms with Gasteiger partial charge >= 0.3 is 0 Å². The van der Waals surface area contributed by atoms with E-state index in [1.165, 1.54) is 0 Å². The number of nitrogen functional groups attached to an aromatic ring is 1. The van der Waals surface area contributed by atoms with Gasteiger partial charge < -0.3 is 15.5 Å². The highest BCUT2D eigenvalue weighted by Crippen LogP contribution is 2.23. The Hall–Kier alpha value is -2.11. The fraction of sp³-hybridized carbons (Fsp3) is 0.500. The average Bonchev–Trinajstić information content (AvgIpc) is 2.74. The second-order valence-electron chi connectivity index (χ2n) is 5.93. The molecule has 0 aromatic carbocycles. The lowest BCUT2D eigenvalue weighted by atomic mass is 9.96. The molecular formula is C14H21N5O. The van der Waals surface area contributed by atoms with E-state index in [1.807, 2.05) is 34.6 Å². The van der Waals surface area contributed by atoms with Crippen molar-refractivity contribution in [3.05, 3.63) is 29.7 Å². The van der Waals surface area contributed by atoms with Gasteiger partial charge in [0.05, 0.1) is 6.20 Å². The van der Waals surface area contributed by atoms with Gasteiger partial charge in [-0.15, -0.1) is 0 Å². The molecular weight excluding hydrogens is 254 g/mol. The lowest BCUT2D eigenvalue weighted by Gasteiger charge is -2.19. The molecule has 0 fully saturated rings. The largest absolute Gasteiger partial charge is 0.444 e. The molecule has 2 aromatic rings. The molecule has 0 aliphatic rings. The summed E-state index contributed by atoms with van der Waals surface area (Å²) in [5, 5.41) is 3.24. The summed E-state index contributed by atoms with van der Waals surface area (Å²) in [5.41, 5.74) is 5.69. The van der Waals surface area contributed by atoms with Crippen molar-refractivity contribution in [1.82, 2.24) is 15.0 Å². The van der Waals surface area contributed by atoms with E-state index in [4.69, 9.17) is 10.2 Å². The molecule has 1 unspecified atom stereocenters. The predicted molar refractivity (Wildman–Crippen MR) is 78.4 cm³/mol. The maximum atomic E-state index is 5.84. The number of hydrogen-bond donors (Lipinski definition) is 2. The summed E-state index contributed by atoms with van der Waals surface area (Å²) >= 11 is 0. The van der Waals surface area contributed by atoms with Crippen molar-refractivity contribution < 1.29 is 4.42 Å². The monoisotopic (exact) mass is 275 g/mol. The first-order valence-electron chi connectivity index (χ1n) is 6.59. The highest BCUT2D eigenvalue weighted by molar-refractivity contribution is 5.46. The molecule has 108 valence electrons. The van der Waals surface area contributed by atoms with E-state index in [2.05, 4.69) is 20.3 Å². The van der Waals surface area contributed by atoms with Crippen molar-refractivity contribution in [3.63, 3.8) is 0 Å². The Bertz CT molecular complexity index is 600. The van der Waals surface area contributed by atoms with Gasteiger partial charge in [0, 0.05) is 11.5 Å². The first kappa shape index (κ1) is 14.3. The van der Waals surface area contributed by atoms with Crippen molar-refractivity contribution in [2.45, 2.75) is 46.1 Å². The van der Waals surface area contributed by atoms with Crippen LogP contribution in [0.5, 0.6) is 0 Å². The first-order valence-corrected chi connectivity index (χ1v) is 6.59. The summed E-state index contributed by atoms with van der Waals surface area (Å²) in [5.74, 6) is 3.23. The third-order valence-corrected chi connectivity index (χ3v) is 2.79. The molecule has 0 radical (unpaired) electrons. The van der Waals surface area contributed by atoms with Crippen LogP contribution in [-0.2, 0) is 5.41 Å². The molecule has 0 amide bonds. The topological polar surface area (TPSA) is 89.9 Å². The van der Waals surface area contributed by atoms with Crippen LogP contribution in [0.1, 0.15) is 51.2 Å². The van der Waals surface area contributed by atoms with Gasteiger partial charge in [0.15, 0.2) is 0 Å². The standard InChI is InChI=1S/C14H21N5O/c1-8-7-16-12(20-8)9(2)17-11-6-10(15)18-13(19-11)14(3,4)5/h6-7,9H,1-5H3,(H3,15,17,18,19). The molecule has 0 aliphatic heterocycles. The second-order valence-corrected chi connectivity index (χ2v) is 5.93. The number of hydrogen-bond acceptors (Lipinski definition) is 6. The third kappa shape index (κ3) is 3.26. The van der Waals surface area contributed by atoms with Crippen LogP contribution < -0.4 is 11.1 Å². The van der Waals surface area contributed by atoms with Gasteiger partial charge in [-0.1, -0.05) is 20.8 Å². The summed E-state index contributed by atoms with van der Waals surface area (Å²) in [6.07, 6.45) is 1.70. The van der Waals surface area contributed by atoms with Gasteiger partial charge in [0.25, 0.3) is 0 Å². The minimum atomic E-state index is -0.158. The Morgan fingerprint density at radius 2 is 2.00 bits per heavy atom. The number of nitrogens with two attached hydrogens (primary N) is 1. The number of aryl methyl sites for hydroxylation is 1. The van der Waals surface area contributed by atoms with Crippen LogP contribution in [0.15, 0.2) is 16.7 Å². The predicted octanol–water partition coefficient (Wildman–Crippen LogP) is 2.83. The normalized spacial score (nSPS) is 13.2. The molecule has 6 nitrogen and oxygen atoms in total. The summed E-state index contributed by atoms with van der Waals surface area (Å²) in [4.78, 5) is 13.0. The molecule has 3 N–H and O–H groups in total. The lowest BCUT2D eigenvalue weighted by Crippen LogP contribution is -2.19. The smallest absolute Gasteiger partial charge is 0.216 e. The highest BCUT2D eigenvalue weighted by Gasteiger charge is 2.20. The highest BCUT2D eigenvalue weighted by atomic mass is 16.4. The van der Waals surface area contributed by atoms with Crippen LogP contribution in [0.3, 0.4) is 0 Å². The van der Waals surface area contributed by atoms with Crippen molar-refractivity contribution >= 4 is 11.6 Å². The zero-order valence-electron chi connectivity index (χ0n) is 12.6. The summed E-state index contributed by atoms with van der Waals surface area (Å²) < 4.78 is 5.50. The van der Waals surface area contributed by atoms with E-state index in [-0.39, 0.29) is 11.5 Å². The van der Waals surface area contributed by atoms with Crippen molar-refractivity contribution in [2.24, 2.45) is 0 Å². The first-order chi connectivity index (χ1) is 9.25. The van der Waals surface area contributed by atoms with Gasteiger partial charge in [0.2, 0.25) is 5.89 Å². The summed E-state index contributed by atoms with van der Waals surface area (Å²) in [6, 6.07) is 1.62. The molecule has 0 saturated carbocycles. The fourth-order valence-corrected chi connectivity index (χ4v) is 1.73. The lowest BCUT2D eigenvalue weighted by molar-refractivity contribution is 0.453. The van der Waals surface area contributed by atoms with Gasteiger partial charge in [-0.05, 0) is 13.8 Å². The van der Waals surface area contributed by atoms with Crippen LogP contribution in [0, 0.1) is 6.92 Å². The molecule has 2 rings (SSSR count). The number of nitrogens with one attached hydrogen (secondary N) is 1. The minimum absolute atomic E-state index is 0.0918. The molecule has 2 aromatic heterocycles. The van der Waals surface area contributed by atoms with Crippen LogP contribution in [0.25, 0.3) is 0 Å². The molecule has 0 spiro atoms. The Labute approximate surface area is 118 Å². The van der Waals surface area contributed by atoms with Crippen LogP contribution >= 0.6 is 0 Å². The third-order valence-electron chi connectivity index (χ3n) is 2.79. The molecule has 2 heterocycles. The van der Waals surface area contributed by atoms with Crippen LogP contribution in [-0.4, -0.2) is 15.0 Å². The summed E-state index contributed by atoms with van der Waals surface area (Å²) in [6.45, 7) is 9.97. The van der Waals surface area contributed by atoms with Gasteiger partial charge in [0.1, 0.15) is 29.3 Å². The number of nitrogens with zero attached hydrogens (tertiary/aromatic N) is 3. The SMILES string of the molecule is Cc1cnc(C(C)Nc2cc(N)nc(C(C)(C)C)n2)o1.